The molecule has 1 atom stereocenters. The molecule has 2 amide bonds. The van der Waals surface area contributed by atoms with Gasteiger partial charge in [-0.2, -0.15) is 0 Å². The quantitative estimate of drug-likeness (QED) is 0.722. The maximum atomic E-state index is 11.8. The van der Waals surface area contributed by atoms with Gasteiger partial charge in [0.05, 0.1) is 27.2 Å². The van der Waals surface area contributed by atoms with Crippen molar-refractivity contribution < 1.29 is 24.4 Å². The number of carbonyl (C=O) groups excluding carboxylic acids is 2. The normalized spacial score (nSPS) is 18.2. The molecular weight excluding hydrogens is 272 g/mol. The summed E-state index contributed by atoms with van der Waals surface area (Å²) in [7, 11) is 4.74. The van der Waals surface area contributed by atoms with E-state index >= 15 is 0 Å². The summed E-state index contributed by atoms with van der Waals surface area (Å²) in [6.45, 7) is 0.743. The van der Waals surface area contributed by atoms with Crippen molar-refractivity contribution in [1.29, 1.82) is 0 Å². The predicted molar refractivity (Wildman–Crippen MR) is 76.2 cm³/mol. The number of hydrogen-bond donors (Lipinski definition) is 1. The molecule has 1 fully saturated rings. The maximum absolute atomic E-state index is 11.8. The fourth-order valence-electron chi connectivity index (χ4n) is 2.46. The van der Waals surface area contributed by atoms with E-state index < -0.39 is 0 Å². The van der Waals surface area contributed by atoms with E-state index in [1.807, 2.05) is 23.5 Å². The number of hydrogen-bond acceptors (Lipinski definition) is 4. The minimum absolute atomic E-state index is 0.104. The van der Waals surface area contributed by atoms with Crippen LogP contribution in [0.5, 0.6) is 11.5 Å². The van der Waals surface area contributed by atoms with E-state index in [4.69, 9.17) is 9.47 Å². The highest BCUT2D eigenvalue weighted by atomic mass is 16.5. The largest absolute Gasteiger partial charge is 0.493 e. The minimum Gasteiger partial charge on any atom is -0.493 e. The molecule has 1 aliphatic rings. The molecule has 0 unspecified atom stereocenters. The number of quaternary nitrogens is 1. The first-order valence-corrected chi connectivity index (χ1v) is 6.91. The number of imide groups is 1. The number of likely N-dealkylation sites (tertiary alicyclic amines) is 1. The average molecular weight is 293 g/mol. The molecule has 0 aromatic heterocycles. The first-order valence-electron chi connectivity index (χ1n) is 6.91. The molecule has 1 heterocycles. The topological polar surface area (TPSA) is 72.5 Å². The number of amides is 2. The number of likely N-dealkylation sites (N-methyl/N-ethyl adjacent to an activating group) is 1. The van der Waals surface area contributed by atoms with Crippen molar-refractivity contribution in [2.45, 2.75) is 18.9 Å². The van der Waals surface area contributed by atoms with Gasteiger partial charge in [0.15, 0.2) is 17.5 Å². The van der Waals surface area contributed by atoms with Crippen molar-refractivity contribution in [2.24, 2.45) is 0 Å². The van der Waals surface area contributed by atoms with Crippen LogP contribution in [0.25, 0.3) is 0 Å². The Morgan fingerprint density at radius 3 is 2.52 bits per heavy atom. The van der Waals surface area contributed by atoms with Gasteiger partial charge >= 0.3 is 0 Å². The summed E-state index contributed by atoms with van der Waals surface area (Å²) in [5, 5.41) is 1.93. The zero-order chi connectivity index (χ0) is 15.4. The fourth-order valence-corrected chi connectivity index (χ4v) is 2.46. The smallest absolute Gasteiger partial charge is 0.287 e. The molecule has 2 rings (SSSR count). The van der Waals surface area contributed by atoms with Crippen molar-refractivity contribution in [3.8, 4) is 11.5 Å². The fraction of sp³-hybridized carbons (Fsp3) is 0.467. The van der Waals surface area contributed by atoms with E-state index in [1.54, 1.807) is 14.2 Å². The predicted octanol–water partition coefficient (Wildman–Crippen LogP) is -0.433. The van der Waals surface area contributed by atoms with E-state index in [2.05, 4.69) is 0 Å². The monoisotopic (exact) mass is 293 g/mol. The molecule has 0 bridgehead atoms. The van der Waals surface area contributed by atoms with E-state index in [0.717, 1.165) is 18.5 Å². The zero-order valence-electron chi connectivity index (χ0n) is 12.6. The summed E-state index contributed by atoms with van der Waals surface area (Å²) in [6, 6.07) is 5.50. The second-order valence-corrected chi connectivity index (χ2v) is 5.07. The number of carbonyl (C=O) groups is 2. The molecule has 21 heavy (non-hydrogen) atoms. The van der Waals surface area contributed by atoms with Crippen LogP contribution in [-0.2, 0) is 16.0 Å². The Labute approximate surface area is 124 Å². The van der Waals surface area contributed by atoms with Gasteiger partial charge in [0.25, 0.3) is 5.91 Å². The van der Waals surface area contributed by atoms with Crippen molar-refractivity contribution in [3.05, 3.63) is 23.8 Å². The molecule has 6 nitrogen and oxygen atoms in total. The lowest BCUT2D eigenvalue weighted by molar-refractivity contribution is -0.674. The summed E-state index contributed by atoms with van der Waals surface area (Å²) in [4.78, 5) is 24.4. The Balaban J connectivity index is 1.89. The second-order valence-electron chi connectivity index (χ2n) is 5.07. The summed E-state index contributed by atoms with van der Waals surface area (Å²) in [5.74, 6) is 1.19. The summed E-state index contributed by atoms with van der Waals surface area (Å²) in [6.07, 6.45) is 1.09. The maximum Gasteiger partial charge on any atom is 0.287 e. The highest BCUT2D eigenvalue weighted by Crippen LogP contribution is 2.27. The van der Waals surface area contributed by atoms with Crippen LogP contribution >= 0.6 is 0 Å². The van der Waals surface area contributed by atoms with Gasteiger partial charge in [0.1, 0.15) is 0 Å². The lowest BCUT2D eigenvalue weighted by Crippen LogP contribution is -2.91. The van der Waals surface area contributed by atoms with Crippen LogP contribution in [0.1, 0.15) is 12.0 Å². The van der Waals surface area contributed by atoms with Crippen molar-refractivity contribution in [2.75, 3.05) is 27.8 Å². The second kappa shape index (κ2) is 6.58. The summed E-state index contributed by atoms with van der Waals surface area (Å²) in [5.41, 5.74) is 1.11. The lowest BCUT2D eigenvalue weighted by Gasteiger charge is -2.10. The van der Waals surface area contributed by atoms with Gasteiger partial charge in [-0.3, -0.25) is 14.5 Å². The third kappa shape index (κ3) is 3.33. The van der Waals surface area contributed by atoms with Gasteiger partial charge in [-0.05, 0) is 17.7 Å². The third-order valence-corrected chi connectivity index (χ3v) is 3.75. The number of nitrogens with zero attached hydrogens (tertiary/aromatic N) is 1. The van der Waals surface area contributed by atoms with Crippen molar-refractivity contribution in [3.63, 3.8) is 0 Å². The van der Waals surface area contributed by atoms with Crippen molar-refractivity contribution >= 4 is 11.8 Å². The lowest BCUT2D eigenvalue weighted by atomic mass is 10.1. The molecule has 6 heteroatoms. The van der Waals surface area contributed by atoms with Gasteiger partial charge in [-0.1, -0.05) is 6.07 Å². The zero-order valence-corrected chi connectivity index (χ0v) is 12.6. The molecule has 0 saturated carbocycles. The summed E-state index contributed by atoms with van der Waals surface area (Å²) < 4.78 is 10.5. The molecule has 2 N–H and O–H groups in total. The van der Waals surface area contributed by atoms with Gasteiger partial charge in [0, 0.05) is 13.5 Å². The first kappa shape index (κ1) is 15.3. The first-order chi connectivity index (χ1) is 10.1. The van der Waals surface area contributed by atoms with E-state index in [0.29, 0.717) is 17.9 Å². The highest BCUT2D eigenvalue weighted by molar-refractivity contribution is 6.04. The summed E-state index contributed by atoms with van der Waals surface area (Å²) >= 11 is 0. The Morgan fingerprint density at radius 2 is 1.95 bits per heavy atom. The van der Waals surface area contributed by atoms with Crippen molar-refractivity contribution in [1.82, 2.24) is 4.90 Å². The minimum atomic E-state index is -0.275. The third-order valence-electron chi connectivity index (χ3n) is 3.75. The molecule has 0 aliphatic carbocycles. The van der Waals surface area contributed by atoms with Gasteiger partial charge in [-0.25, -0.2) is 0 Å². The van der Waals surface area contributed by atoms with Gasteiger partial charge < -0.3 is 14.8 Å². The van der Waals surface area contributed by atoms with Gasteiger partial charge in [-0.15, -0.1) is 0 Å². The number of methoxy groups -OCH3 is 2. The Morgan fingerprint density at radius 1 is 1.24 bits per heavy atom. The van der Waals surface area contributed by atoms with Crippen LogP contribution in [0, 0.1) is 0 Å². The van der Waals surface area contributed by atoms with E-state index in [1.165, 1.54) is 11.9 Å². The van der Waals surface area contributed by atoms with E-state index in [9.17, 15) is 9.59 Å². The van der Waals surface area contributed by atoms with Crippen LogP contribution in [-0.4, -0.2) is 50.6 Å². The number of ether oxygens (including phenoxy) is 2. The van der Waals surface area contributed by atoms with Crippen LogP contribution < -0.4 is 14.8 Å². The number of benzene rings is 1. The van der Waals surface area contributed by atoms with Gasteiger partial charge in [0.2, 0.25) is 5.91 Å². The SMILES string of the molecule is COc1ccc(CC[NH2+][C@@H]2CC(=O)N(C)C2=O)cc1OC. The van der Waals surface area contributed by atoms with Crippen LogP contribution in [0.4, 0.5) is 0 Å². The molecule has 0 radical (unpaired) electrons. The van der Waals surface area contributed by atoms with E-state index in [-0.39, 0.29) is 17.9 Å². The molecule has 1 aromatic rings. The molecule has 1 aliphatic heterocycles. The number of rotatable bonds is 6. The number of nitrogens with two attached hydrogens (primary N) is 1. The molecule has 114 valence electrons. The standard InChI is InChI=1S/C15H20N2O4/c1-17-14(18)9-11(15(17)19)16-7-6-10-4-5-12(20-2)13(8-10)21-3/h4-5,8,11,16H,6-7,9H2,1-3H3/p+1/t11-/m1/s1. The highest BCUT2D eigenvalue weighted by Gasteiger charge is 2.38. The molecule has 0 spiro atoms. The van der Waals surface area contributed by atoms with Crippen LogP contribution in [0.15, 0.2) is 18.2 Å². The average Bonchev–Trinajstić information content (AvgIpc) is 2.74. The Kier molecular flexibility index (Phi) is 4.80. The molecule has 1 saturated heterocycles. The Hall–Kier alpha value is -2.08. The Bertz CT molecular complexity index is 544. The van der Waals surface area contributed by atoms with Crippen LogP contribution in [0.2, 0.25) is 0 Å². The molecular formula is C15H21N2O4+. The molecule has 1 aromatic carbocycles. The van der Waals surface area contributed by atoms with Crippen LogP contribution in [0.3, 0.4) is 0 Å².